The van der Waals surface area contributed by atoms with Crippen molar-refractivity contribution in [2.45, 2.75) is 25.8 Å². The molecule has 1 atom stereocenters. The van der Waals surface area contributed by atoms with Gasteiger partial charge >= 0.3 is 0 Å². The predicted molar refractivity (Wildman–Crippen MR) is 98.3 cm³/mol. The molecule has 1 saturated heterocycles. The number of phenols is 1. The molecule has 0 amide bonds. The van der Waals surface area contributed by atoms with Crippen molar-refractivity contribution in [1.29, 1.82) is 0 Å². The predicted octanol–water partition coefficient (Wildman–Crippen LogP) is 3.49. The molecule has 1 heterocycles. The lowest BCUT2D eigenvalue weighted by molar-refractivity contribution is 0.432. The van der Waals surface area contributed by atoms with Gasteiger partial charge in [0.25, 0.3) is 0 Å². The summed E-state index contributed by atoms with van der Waals surface area (Å²) in [6.45, 7) is 5.09. The highest BCUT2D eigenvalue weighted by Gasteiger charge is 2.25. The number of guanidine groups is 1. The molecule has 1 unspecified atom stereocenters. The molecule has 0 bridgehead atoms. The summed E-state index contributed by atoms with van der Waals surface area (Å²) in [6.07, 6.45) is 1.10. The molecule has 2 aromatic rings. The molecule has 25 heavy (non-hydrogen) atoms. The van der Waals surface area contributed by atoms with E-state index in [-0.39, 0.29) is 5.75 Å². The number of rotatable bonds is 4. The van der Waals surface area contributed by atoms with Crippen LogP contribution in [0.15, 0.2) is 53.5 Å². The minimum absolute atomic E-state index is 0.329. The second-order valence-corrected chi connectivity index (χ2v) is 6.30. The second kappa shape index (κ2) is 8.01. The molecule has 0 aliphatic carbocycles. The van der Waals surface area contributed by atoms with E-state index in [0.717, 1.165) is 37.6 Å². The number of hydrogen-bond acceptors (Lipinski definition) is 2. The number of hydrogen-bond donors (Lipinski definition) is 2. The first-order valence-corrected chi connectivity index (χ1v) is 8.73. The topological polar surface area (TPSA) is 47.9 Å². The Labute approximate surface area is 148 Å². The molecular weight excluding hydrogens is 317 g/mol. The van der Waals surface area contributed by atoms with Crippen molar-refractivity contribution in [1.82, 2.24) is 10.2 Å². The third-order valence-electron chi connectivity index (χ3n) is 4.52. The lowest BCUT2D eigenvalue weighted by Crippen LogP contribution is -2.40. The first-order chi connectivity index (χ1) is 12.2. The third kappa shape index (κ3) is 4.29. The summed E-state index contributed by atoms with van der Waals surface area (Å²) >= 11 is 0. The minimum Gasteiger partial charge on any atom is -0.505 e. The van der Waals surface area contributed by atoms with Gasteiger partial charge in [-0.15, -0.1) is 0 Å². The first-order valence-electron chi connectivity index (χ1n) is 8.73. The Kier molecular flexibility index (Phi) is 5.53. The molecule has 0 saturated carbocycles. The van der Waals surface area contributed by atoms with Gasteiger partial charge in [-0.1, -0.05) is 36.4 Å². The minimum atomic E-state index is -0.608. The highest BCUT2D eigenvalue weighted by atomic mass is 19.1. The first kappa shape index (κ1) is 17.3. The molecule has 132 valence electrons. The summed E-state index contributed by atoms with van der Waals surface area (Å²) in [5.74, 6) is 0.429. The van der Waals surface area contributed by atoms with Crippen LogP contribution in [0.5, 0.6) is 5.75 Å². The molecule has 0 radical (unpaired) electrons. The van der Waals surface area contributed by atoms with Crippen molar-refractivity contribution < 1.29 is 9.50 Å². The molecule has 1 aliphatic rings. The van der Waals surface area contributed by atoms with Crippen LogP contribution in [0.3, 0.4) is 0 Å². The van der Waals surface area contributed by atoms with E-state index < -0.39 is 5.82 Å². The molecule has 1 fully saturated rings. The zero-order chi connectivity index (χ0) is 17.6. The largest absolute Gasteiger partial charge is 0.505 e. The van der Waals surface area contributed by atoms with Crippen molar-refractivity contribution in [3.63, 3.8) is 0 Å². The molecular formula is C20H24FN3O. The van der Waals surface area contributed by atoms with Gasteiger partial charge in [0, 0.05) is 25.6 Å². The van der Waals surface area contributed by atoms with Crippen LogP contribution in [0, 0.1) is 5.82 Å². The maximum Gasteiger partial charge on any atom is 0.194 e. The molecule has 0 aromatic heterocycles. The fraction of sp³-hybridized carbons (Fsp3) is 0.350. The summed E-state index contributed by atoms with van der Waals surface area (Å²) in [4.78, 5) is 6.91. The van der Waals surface area contributed by atoms with Crippen LogP contribution in [0.25, 0.3) is 0 Å². The molecule has 0 spiro atoms. The fourth-order valence-corrected chi connectivity index (χ4v) is 3.19. The van der Waals surface area contributed by atoms with E-state index in [1.807, 2.05) is 13.0 Å². The summed E-state index contributed by atoms with van der Waals surface area (Å²) in [7, 11) is 0. The molecule has 2 N–H and O–H groups in total. The Hall–Kier alpha value is -2.56. The molecule has 4 nitrogen and oxygen atoms in total. The summed E-state index contributed by atoms with van der Waals surface area (Å²) in [5.41, 5.74) is 2.10. The SMILES string of the molecule is CCNC(=NCc1ccc(O)c(F)c1)N1CCC(c2ccccc2)C1. The van der Waals surface area contributed by atoms with Crippen molar-refractivity contribution in [3.8, 4) is 5.75 Å². The number of aliphatic imine (C=N–C) groups is 1. The van der Waals surface area contributed by atoms with E-state index in [0.29, 0.717) is 12.5 Å². The Bertz CT molecular complexity index is 733. The van der Waals surface area contributed by atoms with Crippen molar-refractivity contribution in [2.75, 3.05) is 19.6 Å². The van der Waals surface area contributed by atoms with Crippen molar-refractivity contribution in [2.24, 2.45) is 4.99 Å². The van der Waals surface area contributed by atoms with E-state index >= 15 is 0 Å². The fourth-order valence-electron chi connectivity index (χ4n) is 3.19. The van der Waals surface area contributed by atoms with Gasteiger partial charge in [-0.05, 0) is 36.6 Å². The molecule has 1 aliphatic heterocycles. The van der Waals surface area contributed by atoms with E-state index in [2.05, 4.69) is 39.5 Å². The van der Waals surface area contributed by atoms with Gasteiger partial charge in [-0.25, -0.2) is 9.38 Å². The van der Waals surface area contributed by atoms with Gasteiger partial charge in [-0.2, -0.15) is 0 Å². The maximum absolute atomic E-state index is 13.5. The zero-order valence-corrected chi connectivity index (χ0v) is 14.5. The zero-order valence-electron chi connectivity index (χ0n) is 14.5. The lowest BCUT2D eigenvalue weighted by Gasteiger charge is -2.22. The van der Waals surface area contributed by atoms with Gasteiger partial charge in [0.15, 0.2) is 17.5 Å². The normalized spacial score (nSPS) is 17.8. The number of halogens is 1. The van der Waals surface area contributed by atoms with E-state index in [1.54, 1.807) is 6.07 Å². The number of aromatic hydroxyl groups is 1. The Balaban J connectivity index is 1.69. The number of benzene rings is 2. The average Bonchev–Trinajstić information content (AvgIpc) is 3.12. The summed E-state index contributed by atoms with van der Waals surface area (Å²) < 4.78 is 13.5. The molecule has 3 rings (SSSR count). The molecule has 5 heteroatoms. The third-order valence-corrected chi connectivity index (χ3v) is 4.52. The van der Waals surface area contributed by atoms with Gasteiger partial charge in [0.1, 0.15) is 0 Å². The Morgan fingerprint density at radius 2 is 2.08 bits per heavy atom. The standard InChI is InChI=1S/C20H24FN3O/c1-2-22-20(23-13-15-8-9-19(25)18(21)12-15)24-11-10-17(14-24)16-6-4-3-5-7-16/h3-9,12,17,25H,2,10-11,13-14H2,1H3,(H,22,23). The van der Waals surface area contributed by atoms with Crippen LogP contribution in [0.1, 0.15) is 30.4 Å². The monoisotopic (exact) mass is 341 g/mol. The van der Waals surface area contributed by atoms with Crippen LogP contribution in [0.4, 0.5) is 4.39 Å². The van der Waals surface area contributed by atoms with E-state index in [1.165, 1.54) is 17.7 Å². The lowest BCUT2D eigenvalue weighted by atomic mass is 9.99. The van der Waals surface area contributed by atoms with Gasteiger partial charge in [0.2, 0.25) is 0 Å². The number of nitrogens with zero attached hydrogens (tertiary/aromatic N) is 2. The Morgan fingerprint density at radius 3 is 2.80 bits per heavy atom. The van der Waals surface area contributed by atoms with Crippen LogP contribution in [-0.4, -0.2) is 35.6 Å². The van der Waals surface area contributed by atoms with Gasteiger partial charge in [0.05, 0.1) is 6.54 Å². The quantitative estimate of drug-likeness (QED) is 0.661. The molecule has 2 aromatic carbocycles. The number of phenolic OH excluding ortho intramolecular Hbond substituents is 1. The summed E-state index contributed by atoms with van der Waals surface area (Å²) in [5, 5.41) is 12.6. The van der Waals surface area contributed by atoms with Gasteiger partial charge in [-0.3, -0.25) is 0 Å². The van der Waals surface area contributed by atoms with Crippen LogP contribution in [-0.2, 0) is 6.54 Å². The van der Waals surface area contributed by atoms with Crippen LogP contribution >= 0.6 is 0 Å². The highest BCUT2D eigenvalue weighted by molar-refractivity contribution is 5.80. The smallest absolute Gasteiger partial charge is 0.194 e. The summed E-state index contributed by atoms with van der Waals surface area (Å²) in [6, 6.07) is 15.0. The van der Waals surface area contributed by atoms with Gasteiger partial charge < -0.3 is 15.3 Å². The van der Waals surface area contributed by atoms with Crippen LogP contribution < -0.4 is 5.32 Å². The van der Waals surface area contributed by atoms with Crippen molar-refractivity contribution >= 4 is 5.96 Å². The average molecular weight is 341 g/mol. The maximum atomic E-state index is 13.5. The Morgan fingerprint density at radius 1 is 1.28 bits per heavy atom. The van der Waals surface area contributed by atoms with E-state index in [9.17, 15) is 9.50 Å². The highest BCUT2D eigenvalue weighted by Crippen LogP contribution is 2.27. The second-order valence-electron chi connectivity index (χ2n) is 6.30. The van der Waals surface area contributed by atoms with Crippen molar-refractivity contribution in [3.05, 3.63) is 65.5 Å². The van der Waals surface area contributed by atoms with Crippen LogP contribution in [0.2, 0.25) is 0 Å². The van der Waals surface area contributed by atoms with E-state index in [4.69, 9.17) is 0 Å². The number of likely N-dealkylation sites (tertiary alicyclic amines) is 1. The number of nitrogens with one attached hydrogen (secondary N) is 1.